The van der Waals surface area contributed by atoms with Crippen LogP contribution in [0.2, 0.25) is 0 Å². The molecule has 2 heterocycles. The standard InChI is InChI=1S/C24H25N3O3S/c28-31(29,21-9-8-18-4-1-2-5-19(18)16-21)26-20-11-13-27(17-20)14-15-30-24-7-3-6-23-22(24)10-12-25-23/h1-10,12,16,20,25-26H,11,13-15,17H2. The Morgan fingerprint density at radius 2 is 1.90 bits per heavy atom. The van der Waals surface area contributed by atoms with Crippen molar-refractivity contribution >= 4 is 31.7 Å². The predicted octanol–water partition coefficient (Wildman–Crippen LogP) is 3.75. The van der Waals surface area contributed by atoms with Crippen LogP contribution in [-0.4, -0.2) is 50.6 Å². The summed E-state index contributed by atoms with van der Waals surface area (Å²) in [5.41, 5.74) is 1.06. The molecule has 1 aromatic heterocycles. The molecule has 4 aromatic rings. The van der Waals surface area contributed by atoms with Crippen molar-refractivity contribution in [2.75, 3.05) is 26.2 Å². The lowest BCUT2D eigenvalue weighted by Crippen LogP contribution is -2.37. The quantitative estimate of drug-likeness (QED) is 0.464. The number of aromatic nitrogens is 1. The van der Waals surface area contributed by atoms with Crippen LogP contribution < -0.4 is 9.46 Å². The van der Waals surface area contributed by atoms with E-state index < -0.39 is 10.0 Å². The fourth-order valence-electron chi connectivity index (χ4n) is 4.22. The summed E-state index contributed by atoms with van der Waals surface area (Å²) < 4.78 is 34.6. The topological polar surface area (TPSA) is 74.4 Å². The summed E-state index contributed by atoms with van der Waals surface area (Å²) >= 11 is 0. The van der Waals surface area contributed by atoms with Crippen molar-refractivity contribution in [3.05, 3.63) is 72.9 Å². The zero-order valence-electron chi connectivity index (χ0n) is 17.1. The minimum absolute atomic E-state index is 0.0930. The lowest BCUT2D eigenvalue weighted by molar-refractivity contribution is 0.237. The van der Waals surface area contributed by atoms with Gasteiger partial charge < -0.3 is 9.72 Å². The van der Waals surface area contributed by atoms with E-state index in [0.717, 1.165) is 46.9 Å². The molecule has 0 saturated carbocycles. The number of nitrogens with one attached hydrogen (secondary N) is 2. The largest absolute Gasteiger partial charge is 0.492 e. The Balaban J connectivity index is 1.17. The molecule has 0 spiro atoms. The second kappa shape index (κ2) is 8.34. The third-order valence-electron chi connectivity index (χ3n) is 5.85. The monoisotopic (exact) mass is 435 g/mol. The summed E-state index contributed by atoms with van der Waals surface area (Å²) in [6, 6.07) is 20.9. The molecule has 0 bridgehead atoms. The fraction of sp³-hybridized carbons (Fsp3) is 0.250. The Morgan fingerprint density at radius 3 is 2.81 bits per heavy atom. The van der Waals surface area contributed by atoms with E-state index in [1.807, 2.05) is 60.8 Å². The molecular formula is C24H25N3O3S. The molecule has 31 heavy (non-hydrogen) atoms. The van der Waals surface area contributed by atoms with Gasteiger partial charge in [0.2, 0.25) is 10.0 Å². The molecule has 1 unspecified atom stereocenters. The van der Waals surface area contributed by atoms with Gasteiger partial charge in [-0.1, -0.05) is 36.4 Å². The maximum atomic E-state index is 12.9. The van der Waals surface area contributed by atoms with Crippen LogP contribution in [0.5, 0.6) is 5.75 Å². The maximum Gasteiger partial charge on any atom is 0.240 e. The van der Waals surface area contributed by atoms with Crippen LogP contribution in [-0.2, 0) is 10.0 Å². The normalized spacial score (nSPS) is 17.5. The highest BCUT2D eigenvalue weighted by atomic mass is 32.2. The van der Waals surface area contributed by atoms with Gasteiger partial charge in [0.1, 0.15) is 12.4 Å². The molecule has 1 aliphatic rings. The molecule has 7 heteroatoms. The van der Waals surface area contributed by atoms with Gasteiger partial charge in [0, 0.05) is 36.2 Å². The van der Waals surface area contributed by atoms with E-state index in [2.05, 4.69) is 14.6 Å². The Hall–Kier alpha value is -2.87. The van der Waals surface area contributed by atoms with Crippen LogP contribution in [0, 0.1) is 0 Å². The van der Waals surface area contributed by atoms with Crippen LogP contribution in [0.4, 0.5) is 0 Å². The highest BCUT2D eigenvalue weighted by molar-refractivity contribution is 7.89. The predicted molar refractivity (Wildman–Crippen MR) is 123 cm³/mol. The van der Waals surface area contributed by atoms with Crippen molar-refractivity contribution in [3.63, 3.8) is 0 Å². The first-order chi connectivity index (χ1) is 15.1. The van der Waals surface area contributed by atoms with E-state index in [1.165, 1.54) is 0 Å². The van der Waals surface area contributed by atoms with E-state index in [0.29, 0.717) is 18.0 Å². The summed E-state index contributed by atoms with van der Waals surface area (Å²) in [6.07, 6.45) is 2.70. The smallest absolute Gasteiger partial charge is 0.240 e. The lowest BCUT2D eigenvalue weighted by atomic mass is 10.1. The zero-order valence-corrected chi connectivity index (χ0v) is 17.9. The summed E-state index contributed by atoms with van der Waals surface area (Å²) in [6.45, 7) is 2.86. The molecule has 0 amide bonds. The molecule has 6 nitrogen and oxygen atoms in total. The SMILES string of the molecule is O=S(=O)(NC1CCN(CCOc2cccc3[nH]ccc23)C1)c1ccc2ccccc2c1. The number of fused-ring (bicyclic) bond motifs is 2. The maximum absolute atomic E-state index is 12.9. The van der Waals surface area contributed by atoms with E-state index >= 15 is 0 Å². The molecule has 1 atom stereocenters. The summed E-state index contributed by atoms with van der Waals surface area (Å²) in [4.78, 5) is 5.74. The van der Waals surface area contributed by atoms with Gasteiger partial charge >= 0.3 is 0 Å². The average Bonchev–Trinajstić information content (AvgIpc) is 3.43. The molecular weight excluding hydrogens is 410 g/mol. The minimum Gasteiger partial charge on any atom is -0.492 e. The first-order valence-corrected chi connectivity index (χ1v) is 12.0. The van der Waals surface area contributed by atoms with Crippen LogP contribution in [0.3, 0.4) is 0 Å². The first-order valence-electron chi connectivity index (χ1n) is 10.5. The molecule has 1 saturated heterocycles. The number of nitrogens with zero attached hydrogens (tertiary/aromatic N) is 1. The highest BCUT2D eigenvalue weighted by Gasteiger charge is 2.27. The minimum atomic E-state index is -3.55. The third-order valence-corrected chi connectivity index (χ3v) is 7.36. The summed E-state index contributed by atoms with van der Waals surface area (Å²) in [7, 11) is -3.55. The van der Waals surface area contributed by atoms with Gasteiger partial charge in [0.25, 0.3) is 0 Å². The number of benzene rings is 3. The number of likely N-dealkylation sites (tertiary alicyclic amines) is 1. The molecule has 2 N–H and O–H groups in total. The van der Waals surface area contributed by atoms with E-state index in [-0.39, 0.29) is 6.04 Å². The van der Waals surface area contributed by atoms with Gasteiger partial charge in [-0.05, 0) is 54.1 Å². The Bertz CT molecular complexity index is 1320. The van der Waals surface area contributed by atoms with Gasteiger partial charge in [-0.2, -0.15) is 0 Å². The van der Waals surface area contributed by atoms with E-state index in [9.17, 15) is 8.42 Å². The highest BCUT2D eigenvalue weighted by Crippen LogP contribution is 2.24. The molecule has 160 valence electrons. The Kier molecular flexibility index (Phi) is 5.40. The number of ether oxygens (including phenoxy) is 1. The van der Waals surface area contributed by atoms with Gasteiger partial charge in [-0.3, -0.25) is 4.90 Å². The van der Waals surface area contributed by atoms with Gasteiger partial charge in [-0.25, -0.2) is 13.1 Å². The molecule has 0 aliphatic carbocycles. The van der Waals surface area contributed by atoms with Crippen LogP contribution in [0.15, 0.2) is 77.8 Å². The van der Waals surface area contributed by atoms with Crippen molar-refractivity contribution in [2.45, 2.75) is 17.4 Å². The van der Waals surface area contributed by atoms with Gasteiger partial charge in [0.15, 0.2) is 0 Å². The Labute approximate surface area is 181 Å². The lowest BCUT2D eigenvalue weighted by Gasteiger charge is -2.17. The van der Waals surface area contributed by atoms with Crippen molar-refractivity contribution < 1.29 is 13.2 Å². The first kappa shape index (κ1) is 20.1. The molecule has 1 aliphatic heterocycles. The fourth-order valence-corrected chi connectivity index (χ4v) is 5.52. The van der Waals surface area contributed by atoms with Crippen LogP contribution in [0.25, 0.3) is 21.7 Å². The summed E-state index contributed by atoms with van der Waals surface area (Å²) in [5.74, 6) is 0.867. The number of hydrogen-bond acceptors (Lipinski definition) is 4. The molecule has 0 radical (unpaired) electrons. The number of rotatable bonds is 7. The van der Waals surface area contributed by atoms with E-state index in [4.69, 9.17) is 4.74 Å². The van der Waals surface area contributed by atoms with Gasteiger partial charge in [-0.15, -0.1) is 0 Å². The second-order valence-electron chi connectivity index (χ2n) is 7.96. The van der Waals surface area contributed by atoms with E-state index in [1.54, 1.807) is 12.1 Å². The number of sulfonamides is 1. The second-order valence-corrected chi connectivity index (χ2v) is 9.67. The molecule has 3 aromatic carbocycles. The average molecular weight is 436 g/mol. The van der Waals surface area contributed by atoms with Crippen LogP contribution >= 0.6 is 0 Å². The molecule has 1 fully saturated rings. The van der Waals surface area contributed by atoms with Crippen molar-refractivity contribution in [1.82, 2.24) is 14.6 Å². The number of hydrogen-bond donors (Lipinski definition) is 2. The van der Waals surface area contributed by atoms with Gasteiger partial charge in [0.05, 0.1) is 4.90 Å². The van der Waals surface area contributed by atoms with Crippen molar-refractivity contribution in [3.8, 4) is 5.75 Å². The zero-order chi connectivity index (χ0) is 21.3. The van der Waals surface area contributed by atoms with Crippen molar-refractivity contribution in [1.29, 1.82) is 0 Å². The number of H-pyrrole nitrogens is 1. The van der Waals surface area contributed by atoms with Crippen molar-refractivity contribution in [2.24, 2.45) is 0 Å². The Morgan fingerprint density at radius 1 is 1.03 bits per heavy atom. The number of aromatic amines is 1. The third kappa shape index (κ3) is 4.30. The van der Waals surface area contributed by atoms with Crippen LogP contribution in [0.1, 0.15) is 6.42 Å². The molecule has 5 rings (SSSR count). The summed E-state index contributed by atoms with van der Waals surface area (Å²) in [5, 5.41) is 3.03.